The first kappa shape index (κ1) is 25.5. The molecule has 0 aliphatic heterocycles. The fourth-order valence-electron chi connectivity index (χ4n) is 2.54. The Balaban J connectivity index is 4.76. The Morgan fingerprint density at radius 3 is 2.35 bits per heavy atom. The van der Waals surface area contributed by atoms with E-state index in [0.717, 1.165) is 12.8 Å². The molecule has 0 radical (unpaired) electrons. The molecular formula is C21H42O4Si. The van der Waals surface area contributed by atoms with E-state index in [1.165, 1.54) is 5.57 Å². The Kier molecular flexibility index (Phi) is 11.9. The van der Waals surface area contributed by atoms with Crippen molar-refractivity contribution in [1.82, 2.24) is 0 Å². The molecule has 0 fully saturated rings. The van der Waals surface area contributed by atoms with Gasteiger partial charge in [-0.1, -0.05) is 45.4 Å². The highest BCUT2D eigenvalue weighted by atomic mass is 28.4. The lowest BCUT2D eigenvalue weighted by Gasteiger charge is -2.37. The number of methoxy groups -OCH3 is 1. The van der Waals surface area contributed by atoms with Crippen LogP contribution in [0.25, 0.3) is 0 Å². The normalized spacial score (nSPS) is 17.0. The second-order valence-electron chi connectivity index (χ2n) is 8.93. The molecule has 0 unspecified atom stereocenters. The fraction of sp³-hybridized carbons (Fsp3) is 0.810. The van der Waals surface area contributed by atoms with E-state index in [1.807, 2.05) is 6.08 Å². The van der Waals surface area contributed by atoms with Gasteiger partial charge in [-0.25, -0.2) is 0 Å². The van der Waals surface area contributed by atoms with Gasteiger partial charge < -0.3 is 19.0 Å². The molecule has 154 valence electrons. The molecule has 0 amide bonds. The Bertz CT molecular complexity index is 426. The van der Waals surface area contributed by atoms with E-state index in [4.69, 9.17) is 13.9 Å². The molecule has 0 aromatic carbocycles. The quantitative estimate of drug-likeness (QED) is 0.206. The van der Waals surface area contributed by atoms with E-state index in [9.17, 15) is 5.11 Å². The van der Waals surface area contributed by atoms with Crippen molar-refractivity contribution in [3.8, 4) is 0 Å². The van der Waals surface area contributed by atoms with Gasteiger partial charge in [0.05, 0.1) is 19.3 Å². The lowest BCUT2D eigenvalue weighted by Crippen LogP contribution is -2.43. The Morgan fingerprint density at radius 2 is 1.85 bits per heavy atom. The summed E-state index contributed by atoms with van der Waals surface area (Å²) in [6.45, 7) is 20.6. The summed E-state index contributed by atoms with van der Waals surface area (Å²) in [7, 11) is -0.228. The monoisotopic (exact) mass is 386 g/mol. The van der Waals surface area contributed by atoms with Crippen LogP contribution in [-0.4, -0.2) is 46.6 Å². The molecule has 4 nitrogen and oxygen atoms in total. The molecule has 0 aromatic rings. The summed E-state index contributed by atoms with van der Waals surface area (Å²) >= 11 is 0. The first-order chi connectivity index (χ1) is 11.9. The summed E-state index contributed by atoms with van der Waals surface area (Å²) in [5, 5.41) is 10.8. The summed E-state index contributed by atoms with van der Waals surface area (Å²) in [6, 6.07) is 0. The Labute approximate surface area is 162 Å². The van der Waals surface area contributed by atoms with E-state index in [2.05, 4.69) is 60.4 Å². The molecular weight excluding hydrogens is 344 g/mol. The number of aliphatic hydroxyl groups excluding tert-OH is 1. The van der Waals surface area contributed by atoms with Gasteiger partial charge in [-0.05, 0) is 43.8 Å². The molecule has 0 bridgehead atoms. The van der Waals surface area contributed by atoms with Crippen LogP contribution in [-0.2, 0) is 13.9 Å². The summed E-state index contributed by atoms with van der Waals surface area (Å²) in [5.41, 5.74) is 1.26. The van der Waals surface area contributed by atoms with Crippen molar-refractivity contribution in [1.29, 1.82) is 0 Å². The average molecular weight is 387 g/mol. The topological polar surface area (TPSA) is 47.9 Å². The zero-order valence-corrected chi connectivity index (χ0v) is 19.3. The maximum absolute atomic E-state index is 10.7. The molecule has 0 saturated carbocycles. The SMILES string of the molecule is C=CC[C@H](/C=C(\C)C[C@H](C)COCOC)[C@@H](O)CO[Si](C)(C)C(C)(C)C. The molecule has 0 heterocycles. The first-order valence-electron chi connectivity index (χ1n) is 9.61. The van der Waals surface area contributed by atoms with Crippen molar-refractivity contribution >= 4 is 8.32 Å². The minimum Gasteiger partial charge on any atom is -0.414 e. The van der Waals surface area contributed by atoms with Crippen molar-refractivity contribution in [2.75, 3.05) is 27.1 Å². The second kappa shape index (κ2) is 12.1. The smallest absolute Gasteiger partial charge is 0.192 e. The third-order valence-electron chi connectivity index (χ3n) is 5.13. The van der Waals surface area contributed by atoms with Crippen LogP contribution in [0.15, 0.2) is 24.3 Å². The van der Waals surface area contributed by atoms with Gasteiger partial charge in [0.15, 0.2) is 8.32 Å². The Morgan fingerprint density at radius 1 is 1.23 bits per heavy atom. The van der Waals surface area contributed by atoms with Crippen molar-refractivity contribution in [3.63, 3.8) is 0 Å². The van der Waals surface area contributed by atoms with Crippen LogP contribution in [0.4, 0.5) is 0 Å². The van der Waals surface area contributed by atoms with Gasteiger partial charge in [0, 0.05) is 13.0 Å². The molecule has 3 atom stereocenters. The highest BCUT2D eigenvalue weighted by Crippen LogP contribution is 2.36. The van der Waals surface area contributed by atoms with E-state index < -0.39 is 14.4 Å². The summed E-state index contributed by atoms with van der Waals surface area (Å²) in [6.07, 6.45) is 5.21. The number of allylic oxidation sites excluding steroid dienone is 2. The largest absolute Gasteiger partial charge is 0.414 e. The Hall–Kier alpha value is -0.463. The number of rotatable bonds is 13. The van der Waals surface area contributed by atoms with Crippen molar-refractivity contribution < 1.29 is 19.0 Å². The van der Waals surface area contributed by atoms with Gasteiger partial charge in [0.25, 0.3) is 0 Å². The average Bonchev–Trinajstić information content (AvgIpc) is 2.51. The first-order valence-corrected chi connectivity index (χ1v) is 12.5. The fourth-order valence-corrected chi connectivity index (χ4v) is 3.56. The maximum Gasteiger partial charge on any atom is 0.192 e. The van der Waals surface area contributed by atoms with E-state index in [0.29, 0.717) is 25.9 Å². The van der Waals surface area contributed by atoms with Crippen LogP contribution in [0.3, 0.4) is 0 Å². The number of hydrogen-bond donors (Lipinski definition) is 1. The molecule has 0 spiro atoms. The third kappa shape index (κ3) is 10.0. The van der Waals surface area contributed by atoms with E-state index >= 15 is 0 Å². The van der Waals surface area contributed by atoms with Crippen LogP contribution in [0, 0.1) is 11.8 Å². The minimum absolute atomic E-state index is 0.0318. The molecule has 26 heavy (non-hydrogen) atoms. The lowest BCUT2D eigenvalue weighted by atomic mass is 9.93. The molecule has 0 aliphatic rings. The third-order valence-corrected chi connectivity index (χ3v) is 9.63. The van der Waals surface area contributed by atoms with Gasteiger partial charge >= 0.3 is 0 Å². The molecule has 0 aliphatic carbocycles. The zero-order valence-electron chi connectivity index (χ0n) is 18.3. The van der Waals surface area contributed by atoms with E-state index in [-0.39, 0.29) is 11.0 Å². The second-order valence-corrected chi connectivity index (χ2v) is 13.7. The van der Waals surface area contributed by atoms with Gasteiger partial charge in [0.2, 0.25) is 0 Å². The van der Waals surface area contributed by atoms with Gasteiger partial charge in [0.1, 0.15) is 6.79 Å². The number of aliphatic hydroxyl groups is 1. The molecule has 0 saturated heterocycles. The van der Waals surface area contributed by atoms with Crippen molar-refractivity contribution in [2.45, 2.75) is 71.7 Å². The lowest BCUT2D eigenvalue weighted by molar-refractivity contribution is -0.0414. The van der Waals surface area contributed by atoms with Gasteiger partial charge in [-0.15, -0.1) is 6.58 Å². The maximum atomic E-state index is 10.7. The molecule has 0 aromatic heterocycles. The van der Waals surface area contributed by atoms with Crippen molar-refractivity contribution in [3.05, 3.63) is 24.3 Å². The highest BCUT2D eigenvalue weighted by Gasteiger charge is 2.37. The van der Waals surface area contributed by atoms with Crippen LogP contribution in [0.1, 0.15) is 47.5 Å². The van der Waals surface area contributed by atoms with Crippen LogP contribution in [0.2, 0.25) is 18.1 Å². The van der Waals surface area contributed by atoms with Crippen LogP contribution in [0.5, 0.6) is 0 Å². The minimum atomic E-state index is -1.86. The summed E-state index contributed by atoms with van der Waals surface area (Å²) < 4.78 is 16.5. The molecule has 1 N–H and O–H groups in total. The van der Waals surface area contributed by atoms with Crippen molar-refractivity contribution in [2.24, 2.45) is 11.8 Å². The summed E-state index contributed by atoms with van der Waals surface area (Å²) in [5.74, 6) is 0.441. The molecule has 5 heteroatoms. The highest BCUT2D eigenvalue weighted by molar-refractivity contribution is 6.74. The standard InChI is InChI=1S/C21H42O4Si/c1-10-11-19(13-17(2)12-18(3)14-24-16-23-7)20(22)15-25-26(8,9)21(4,5)6/h10,13,18-20,22H,1,11-12,14-16H2,2-9H3/b17-13+/t18-,19+,20-/m0/s1. The van der Waals surface area contributed by atoms with E-state index in [1.54, 1.807) is 7.11 Å². The van der Waals surface area contributed by atoms with Gasteiger partial charge in [-0.3, -0.25) is 0 Å². The summed E-state index contributed by atoms with van der Waals surface area (Å²) in [4.78, 5) is 0. The van der Waals surface area contributed by atoms with Gasteiger partial charge in [-0.2, -0.15) is 0 Å². The van der Waals surface area contributed by atoms with Crippen LogP contribution >= 0.6 is 0 Å². The number of ether oxygens (including phenoxy) is 2. The zero-order chi connectivity index (χ0) is 20.4. The number of hydrogen-bond acceptors (Lipinski definition) is 4. The van der Waals surface area contributed by atoms with Crippen LogP contribution < -0.4 is 0 Å². The molecule has 0 rings (SSSR count). The predicted molar refractivity (Wildman–Crippen MR) is 113 cm³/mol. The predicted octanol–water partition coefficient (Wildman–Crippen LogP) is 5.15.